The standard InChI is InChI=1S/C17H20N6.C7H10N4O/c1-3-14-10-20-17(21-11-14)22-7-8-23(13(2)12-22)16-15(9-18)5-4-6-19-16;1-7(2,3-8)4-11-6(12)9-5-10-11/h4-6,10-11,13H,3,7-8,12H2,1-2H3;5H,4H2,1-2H3,(H,9,10,12). The first-order valence-corrected chi connectivity index (χ1v) is 11.5. The van der Waals surface area contributed by atoms with Gasteiger partial charge >= 0.3 is 5.69 Å². The number of rotatable bonds is 5. The van der Waals surface area contributed by atoms with Crippen molar-refractivity contribution in [3.05, 3.63) is 58.7 Å². The number of nitrogens with one attached hydrogen (secondary N) is 1. The van der Waals surface area contributed by atoms with Crippen LogP contribution in [0.5, 0.6) is 0 Å². The molecule has 4 rings (SSSR count). The van der Waals surface area contributed by atoms with E-state index in [9.17, 15) is 10.1 Å². The van der Waals surface area contributed by atoms with E-state index in [4.69, 9.17) is 5.26 Å². The van der Waals surface area contributed by atoms with E-state index in [-0.39, 0.29) is 11.7 Å². The molecule has 35 heavy (non-hydrogen) atoms. The zero-order valence-corrected chi connectivity index (χ0v) is 20.5. The molecule has 0 amide bonds. The van der Waals surface area contributed by atoms with Gasteiger partial charge in [-0.2, -0.15) is 15.6 Å². The lowest BCUT2D eigenvalue weighted by Crippen LogP contribution is -2.53. The molecule has 1 aliphatic rings. The number of aromatic amines is 1. The molecule has 0 aliphatic carbocycles. The van der Waals surface area contributed by atoms with Gasteiger partial charge in [-0.05, 0) is 44.9 Å². The van der Waals surface area contributed by atoms with Crippen LogP contribution < -0.4 is 15.5 Å². The van der Waals surface area contributed by atoms with Crippen LogP contribution in [0.15, 0.2) is 41.8 Å². The van der Waals surface area contributed by atoms with E-state index < -0.39 is 5.41 Å². The second kappa shape index (κ2) is 11.3. The molecule has 3 aromatic rings. The van der Waals surface area contributed by atoms with Crippen molar-refractivity contribution in [3.63, 3.8) is 0 Å². The van der Waals surface area contributed by atoms with Gasteiger partial charge < -0.3 is 9.80 Å². The predicted molar refractivity (Wildman–Crippen MR) is 132 cm³/mol. The van der Waals surface area contributed by atoms with Gasteiger partial charge in [-0.1, -0.05) is 6.92 Å². The quantitative estimate of drug-likeness (QED) is 0.588. The van der Waals surface area contributed by atoms with Crippen molar-refractivity contribution in [2.24, 2.45) is 5.41 Å². The monoisotopic (exact) mass is 474 g/mol. The van der Waals surface area contributed by atoms with Crippen molar-refractivity contribution in [2.75, 3.05) is 29.4 Å². The number of hydrogen-bond acceptors (Lipinski definition) is 9. The summed E-state index contributed by atoms with van der Waals surface area (Å²) in [5.74, 6) is 1.54. The summed E-state index contributed by atoms with van der Waals surface area (Å²) in [5, 5.41) is 21.7. The number of H-pyrrole nitrogens is 1. The third-order valence-electron chi connectivity index (χ3n) is 5.66. The molecular weight excluding hydrogens is 444 g/mol. The number of nitriles is 2. The maximum Gasteiger partial charge on any atom is 0.343 e. The van der Waals surface area contributed by atoms with Crippen LogP contribution >= 0.6 is 0 Å². The van der Waals surface area contributed by atoms with Crippen LogP contribution in [-0.2, 0) is 13.0 Å². The Labute approximate surface area is 204 Å². The van der Waals surface area contributed by atoms with Crippen LogP contribution in [0, 0.1) is 28.1 Å². The highest BCUT2D eigenvalue weighted by Crippen LogP contribution is 2.23. The van der Waals surface area contributed by atoms with Gasteiger partial charge in [0.1, 0.15) is 18.2 Å². The number of aromatic nitrogens is 6. The fourth-order valence-corrected chi connectivity index (χ4v) is 3.66. The number of aryl methyl sites for hydroxylation is 1. The van der Waals surface area contributed by atoms with Crippen LogP contribution in [0.3, 0.4) is 0 Å². The predicted octanol–water partition coefficient (Wildman–Crippen LogP) is 2.14. The molecule has 0 radical (unpaired) electrons. The minimum Gasteiger partial charge on any atom is -0.349 e. The molecule has 1 saturated heterocycles. The Bertz CT molecular complexity index is 1250. The molecule has 1 atom stereocenters. The van der Waals surface area contributed by atoms with E-state index in [0.717, 1.165) is 43.4 Å². The van der Waals surface area contributed by atoms with Crippen LogP contribution in [0.2, 0.25) is 0 Å². The second-order valence-electron chi connectivity index (χ2n) is 8.97. The van der Waals surface area contributed by atoms with Gasteiger partial charge in [-0.15, -0.1) is 0 Å². The molecule has 182 valence electrons. The van der Waals surface area contributed by atoms with Gasteiger partial charge in [-0.3, -0.25) is 4.98 Å². The van der Waals surface area contributed by atoms with Crippen molar-refractivity contribution < 1.29 is 0 Å². The molecule has 0 spiro atoms. The number of piperazine rings is 1. The van der Waals surface area contributed by atoms with Crippen LogP contribution in [0.25, 0.3) is 0 Å². The summed E-state index contributed by atoms with van der Waals surface area (Å²) in [6, 6.07) is 8.17. The molecule has 1 unspecified atom stereocenters. The highest BCUT2D eigenvalue weighted by atomic mass is 16.1. The average Bonchev–Trinajstić information content (AvgIpc) is 3.27. The fraction of sp³-hybridized carbons (Fsp3) is 0.458. The smallest absolute Gasteiger partial charge is 0.343 e. The number of hydrogen-bond donors (Lipinski definition) is 1. The molecule has 0 saturated carbocycles. The first-order chi connectivity index (χ1) is 16.8. The Balaban J connectivity index is 0.000000241. The topological polar surface area (TPSA) is 143 Å². The third-order valence-corrected chi connectivity index (χ3v) is 5.66. The number of nitrogens with zero attached hydrogens (tertiary/aromatic N) is 9. The Morgan fingerprint density at radius 3 is 2.51 bits per heavy atom. The lowest BCUT2D eigenvalue weighted by molar-refractivity contribution is 0.377. The van der Waals surface area contributed by atoms with Crippen molar-refractivity contribution in [1.82, 2.24) is 29.7 Å². The molecule has 0 aromatic carbocycles. The maximum absolute atomic E-state index is 10.9. The summed E-state index contributed by atoms with van der Waals surface area (Å²) < 4.78 is 1.24. The summed E-state index contributed by atoms with van der Waals surface area (Å²) >= 11 is 0. The van der Waals surface area contributed by atoms with E-state index in [1.165, 1.54) is 11.0 Å². The number of anilines is 2. The minimum absolute atomic E-state index is 0.236. The molecule has 1 fully saturated rings. The van der Waals surface area contributed by atoms with Crippen LogP contribution in [-0.4, -0.2) is 55.4 Å². The summed E-state index contributed by atoms with van der Waals surface area (Å²) in [7, 11) is 0. The van der Waals surface area contributed by atoms with Crippen LogP contribution in [0.1, 0.15) is 38.8 Å². The lowest BCUT2D eigenvalue weighted by atomic mass is 9.96. The Kier molecular flexibility index (Phi) is 8.16. The second-order valence-corrected chi connectivity index (χ2v) is 8.97. The van der Waals surface area contributed by atoms with Gasteiger partial charge in [0.15, 0.2) is 0 Å². The SMILES string of the molecule is CC(C)(C#N)Cn1nc[nH]c1=O.CCc1cnc(N2CCN(c3ncccc3C#N)C(C)C2)nc1. The highest BCUT2D eigenvalue weighted by Gasteiger charge is 2.27. The minimum atomic E-state index is -0.557. The average molecular weight is 475 g/mol. The fourth-order valence-electron chi connectivity index (χ4n) is 3.66. The van der Waals surface area contributed by atoms with Crippen molar-refractivity contribution in [2.45, 2.75) is 46.7 Å². The molecule has 0 bridgehead atoms. The summed E-state index contributed by atoms with van der Waals surface area (Å²) in [5.41, 5.74) is 0.932. The first-order valence-electron chi connectivity index (χ1n) is 11.5. The van der Waals surface area contributed by atoms with Crippen molar-refractivity contribution in [3.8, 4) is 12.1 Å². The first kappa shape index (κ1) is 25.4. The van der Waals surface area contributed by atoms with E-state index in [1.807, 2.05) is 18.5 Å². The van der Waals surface area contributed by atoms with Gasteiger partial charge in [0.25, 0.3) is 0 Å². The highest BCUT2D eigenvalue weighted by molar-refractivity contribution is 5.55. The lowest BCUT2D eigenvalue weighted by Gasteiger charge is -2.40. The summed E-state index contributed by atoms with van der Waals surface area (Å²) in [6.07, 6.45) is 7.79. The van der Waals surface area contributed by atoms with Crippen molar-refractivity contribution >= 4 is 11.8 Å². The van der Waals surface area contributed by atoms with Gasteiger partial charge in [-0.25, -0.2) is 24.4 Å². The Hall–Kier alpha value is -4.25. The third kappa shape index (κ3) is 6.42. The largest absolute Gasteiger partial charge is 0.349 e. The van der Waals surface area contributed by atoms with Crippen molar-refractivity contribution in [1.29, 1.82) is 10.5 Å². The Morgan fingerprint density at radius 2 is 1.94 bits per heavy atom. The molecule has 3 aromatic heterocycles. The van der Waals surface area contributed by atoms with E-state index in [2.05, 4.69) is 60.8 Å². The molecule has 1 aliphatic heterocycles. The maximum atomic E-state index is 10.9. The number of pyridine rings is 1. The molecular formula is C24H30N10O. The molecule has 1 N–H and O–H groups in total. The molecule has 11 nitrogen and oxygen atoms in total. The normalized spacial score (nSPS) is 15.5. The zero-order chi connectivity index (χ0) is 25.4. The van der Waals surface area contributed by atoms with Gasteiger partial charge in [0.05, 0.1) is 23.6 Å². The summed E-state index contributed by atoms with van der Waals surface area (Å²) in [4.78, 5) is 31.1. The Morgan fingerprint density at radius 1 is 1.20 bits per heavy atom. The molecule has 4 heterocycles. The van der Waals surface area contributed by atoms with Gasteiger partial charge in [0.2, 0.25) is 5.95 Å². The van der Waals surface area contributed by atoms with Crippen LogP contribution in [0.4, 0.5) is 11.8 Å². The van der Waals surface area contributed by atoms with E-state index in [1.54, 1.807) is 26.1 Å². The van der Waals surface area contributed by atoms with E-state index >= 15 is 0 Å². The van der Waals surface area contributed by atoms with Gasteiger partial charge in [0, 0.05) is 44.3 Å². The zero-order valence-electron chi connectivity index (χ0n) is 20.5. The summed E-state index contributed by atoms with van der Waals surface area (Å²) in [6.45, 7) is 10.5. The van der Waals surface area contributed by atoms with E-state index in [0.29, 0.717) is 12.1 Å². The molecule has 11 heteroatoms.